The van der Waals surface area contributed by atoms with Crippen molar-refractivity contribution in [3.63, 3.8) is 0 Å². The molecular weight excluding hydrogens is 222 g/mol. The van der Waals surface area contributed by atoms with E-state index in [0.717, 1.165) is 18.8 Å². The molecule has 0 radical (unpaired) electrons. The van der Waals surface area contributed by atoms with Gasteiger partial charge in [-0.1, -0.05) is 26.0 Å². The van der Waals surface area contributed by atoms with Crippen LogP contribution in [-0.4, -0.2) is 18.0 Å². The number of hydrogen-bond acceptors (Lipinski definition) is 3. The molecule has 3 heteroatoms. The van der Waals surface area contributed by atoms with Crippen molar-refractivity contribution in [2.75, 3.05) is 18.8 Å². The maximum atomic E-state index is 8.75. The third-order valence-electron chi connectivity index (χ3n) is 3.05. The number of nitriles is 1. The number of rotatable bonds is 6. The van der Waals surface area contributed by atoms with Gasteiger partial charge in [0.25, 0.3) is 0 Å². The van der Waals surface area contributed by atoms with Gasteiger partial charge >= 0.3 is 0 Å². The average molecular weight is 245 g/mol. The van der Waals surface area contributed by atoms with Crippen molar-refractivity contribution in [1.29, 1.82) is 5.26 Å². The molecule has 0 heterocycles. The smallest absolute Gasteiger partial charge is 0.0635 e. The highest BCUT2D eigenvalue weighted by Crippen LogP contribution is 2.23. The summed E-state index contributed by atoms with van der Waals surface area (Å²) in [6, 6.07) is 10.5. The van der Waals surface area contributed by atoms with Gasteiger partial charge in [0.2, 0.25) is 0 Å². The zero-order valence-electron chi connectivity index (χ0n) is 11.6. The van der Waals surface area contributed by atoms with E-state index < -0.39 is 0 Å². The lowest BCUT2D eigenvalue weighted by atomic mass is 10.0. The lowest BCUT2D eigenvalue weighted by Gasteiger charge is -2.30. The first-order valence-electron chi connectivity index (χ1n) is 6.51. The van der Waals surface area contributed by atoms with Crippen LogP contribution >= 0.6 is 0 Å². The molecule has 0 saturated carbocycles. The van der Waals surface area contributed by atoms with Crippen LogP contribution in [0, 0.1) is 17.2 Å². The fourth-order valence-corrected chi connectivity index (χ4v) is 2.14. The molecule has 0 fully saturated rings. The van der Waals surface area contributed by atoms with Crippen LogP contribution in [0.4, 0.5) is 5.69 Å². The maximum absolute atomic E-state index is 8.75. The molecule has 0 aromatic heterocycles. The second-order valence-electron chi connectivity index (χ2n) is 5.14. The number of anilines is 1. The molecule has 1 atom stereocenters. The SMILES string of the molecule is CC(C)CN(CCC#N)C(C)c1cccc(N)c1. The maximum Gasteiger partial charge on any atom is 0.0635 e. The first-order chi connectivity index (χ1) is 8.54. The van der Waals surface area contributed by atoms with Crippen LogP contribution in [0.2, 0.25) is 0 Å². The Morgan fingerprint density at radius 2 is 2.06 bits per heavy atom. The Kier molecular flexibility index (Phi) is 5.67. The summed E-state index contributed by atoms with van der Waals surface area (Å²) in [7, 11) is 0. The van der Waals surface area contributed by atoms with Gasteiger partial charge in [-0.15, -0.1) is 0 Å². The number of nitrogens with zero attached hydrogens (tertiary/aromatic N) is 2. The number of hydrogen-bond donors (Lipinski definition) is 1. The van der Waals surface area contributed by atoms with Crippen molar-refractivity contribution in [1.82, 2.24) is 4.90 Å². The van der Waals surface area contributed by atoms with Gasteiger partial charge in [0.05, 0.1) is 6.07 Å². The fraction of sp³-hybridized carbons (Fsp3) is 0.533. The highest BCUT2D eigenvalue weighted by Gasteiger charge is 2.16. The van der Waals surface area contributed by atoms with E-state index in [2.05, 4.69) is 37.8 Å². The van der Waals surface area contributed by atoms with Crippen LogP contribution in [0.3, 0.4) is 0 Å². The lowest BCUT2D eigenvalue weighted by molar-refractivity contribution is 0.191. The second kappa shape index (κ2) is 7.03. The summed E-state index contributed by atoms with van der Waals surface area (Å²) in [6.07, 6.45) is 0.569. The van der Waals surface area contributed by atoms with Crippen LogP contribution < -0.4 is 5.73 Å². The molecule has 0 saturated heterocycles. The molecule has 1 unspecified atom stereocenters. The molecule has 0 spiro atoms. The molecule has 3 nitrogen and oxygen atoms in total. The van der Waals surface area contributed by atoms with Crippen molar-refractivity contribution >= 4 is 5.69 Å². The Labute approximate surface area is 110 Å². The summed E-state index contributed by atoms with van der Waals surface area (Å²) < 4.78 is 0. The van der Waals surface area contributed by atoms with E-state index in [1.807, 2.05) is 18.2 Å². The number of nitrogen functional groups attached to an aromatic ring is 1. The minimum Gasteiger partial charge on any atom is -0.399 e. The summed E-state index contributed by atoms with van der Waals surface area (Å²) in [5.74, 6) is 0.590. The molecule has 0 aliphatic heterocycles. The second-order valence-corrected chi connectivity index (χ2v) is 5.14. The molecule has 2 N–H and O–H groups in total. The Morgan fingerprint density at radius 1 is 1.33 bits per heavy atom. The number of benzene rings is 1. The molecule has 0 bridgehead atoms. The summed E-state index contributed by atoms with van der Waals surface area (Å²) in [5.41, 5.74) is 7.84. The molecule has 1 aromatic rings. The minimum absolute atomic E-state index is 0.296. The van der Waals surface area contributed by atoms with E-state index in [1.54, 1.807) is 0 Å². The Balaban J connectivity index is 2.80. The van der Waals surface area contributed by atoms with Gasteiger partial charge in [0.15, 0.2) is 0 Å². The van der Waals surface area contributed by atoms with Gasteiger partial charge in [-0.2, -0.15) is 5.26 Å². The van der Waals surface area contributed by atoms with Crippen LogP contribution in [0.25, 0.3) is 0 Å². The molecule has 1 aromatic carbocycles. The van der Waals surface area contributed by atoms with Crippen molar-refractivity contribution in [2.24, 2.45) is 5.92 Å². The van der Waals surface area contributed by atoms with E-state index in [4.69, 9.17) is 11.0 Å². The van der Waals surface area contributed by atoms with E-state index >= 15 is 0 Å². The predicted molar refractivity (Wildman–Crippen MR) is 75.9 cm³/mol. The van der Waals surface area contributed by atoms with E-state index in [9.17, 15) is 0 Å². The summed E-state index contributed by atoms with van der Waals surface area (Å²) in [4.78, 5) is 2.35. The monoisotopic (exact) mass is 245 g/mol. The third kappa shape index (κ3) is 4.38. The highest BCUT2D eigenvalue weighted by molar-refractivity contribution is 5.41. The Bertz CT molecular complexity index is 406. The lowest BCUT2D eigenvalue weighted by Crippen LogP contribution is -2.31. The van der Waals surface area contributed by atoms with Gasteiger partial charge in [-0.25, -0.2) is 0 Å². The van der Waals surface area contributed by atoms with Gasteiger partial charge in [0, 0.05) is 31.2 Å². The minimum atomic E-state index is 0.296. The zero-order chi connectivity index (χ0) is 13.5. The Morgan fingerprint density at radius 3 is 2.61 bits per heavy atom. The van der Waals surface area contributed by atoms with Gasteiger partial charge < -0.3 is 5.73 Å². The van der Waals surface area contributed by atoms with Crippen molar-refractivity contribution < 1.29 is 0 Å². The molecule has 18 heavy (non-hydrogen) atoms. The summed E-state index contributed by atoms with van der Waals surface area (Å²) in [6.45, 7) is 8.38. The van der Waals surface area contributed by atoms with Crippen LogP contribution in [0.15, 0.2) is 24.3 Å². The van der Waals surface area contributed by atoms with E-state index in [1.165, 1.54) is 5.56 Å². The molecule has 0 aliphatic carbocycles. The van der Waals surface area contributed by atoms with Gasteiger partial charge in [-0.3, -0.25) is 4.90 Å². The zero-order valence-corrected chi connectivity index (χ0v) is 11.6. The first kappa shape index (κ1) is 14.5. The normalized spacial score (nSPS) is 12.7. The molecule has 98 valence electrons. The topological polar surface area (TPSA) is 53.0 Å². The summed E-state index contributed by atoms with van der Waals surface area (Å²) >= 11 is 0. The molecule has 1 rings (SSSR count). The first-order valence-corrected chi connectivity index (χ1v) is 6.51. The van der Waals surface area contributed by atoms with E-state index in [-0.39, 0.29) is 0 Å². The van der Waals surface area contributed by atoms with Crippen molar-refractivity contribution in [3.8, 4) is 6.07 Å². The van der Waals surface area contributed by atoms with Crippen molar-refractivity contribution in [2.45, 2.75) is 33.2 Å². The Hall–Kier alpha value is -1.53. The predicted octanol–water partition coefficient (Wildman–Crippen LogP) is 3.20. The number of nitrogens with two attached hydrogens (primary N) is 1. The summed E-state index contributed by atoms with van der Waals surface area (Å²) in [5, 5.41) is 8.75. The van der Waals surface area contributed by atoms with Gasteiger partial charge in [0.1, 0.15) is 0 Å². The van der Waals surface area contributed by atoms with Gasteiger partial charge in [-0.05, 0) is 30.5 Å². The van der Waals surface area contributed by atoms with Crippen LogP contribution in [-0.2, 0) is 0 Å². The fourth-order valence-electron chi connectivity index (χ4n) is 2.14. The van der Waals surface area contributed by atoms with Crippen LogP contribution in [0.5, 0.6) is 0 Å². The standard InChI is InChI=1S/C15H23N3/c1-12(2)11-18(9-5-8-16)13(3)14-6-4-7-15(17)10-14/h4,6-7,10,12-13H,5,9,11,17H2,1-3H3. The van der Waals surface area contributed by atoms with Crippen LogP contribution in [0.1, 0.15) is 38.8 Å². The van der Waals surface area contributed by atoms with Crippen molar-refractivity contribution in [3.05, 3.63) is 29.8 Å². The molecule has 0 aliphatic rings. The highest BCUT2D eigenvalue weighted by atomic mass is 15.1. The average Bonchev–Trinajstić information content (AvgIpc) is 2.33. The third-order valence-corrected chi connectivity index (χ3v) is 3.05. The molecular formula is C15H23N3. The largest absolute Gasteiger partial charge is 0.399 e. The van der Waals surface area contributed by atoms with E-state index in [0.29, 0.717) is 18.4 Å². The quantitative estimate of drug-likeness (QED) is 0.783. The molecule has 0 amide bonds.